The van der Waals surface area contributed by atoms with Crippen LogP contribution in [0, 0.1) is 0 Å². The van der Waals surface area contributed by atoms with Gasteiger partial charge >= 0.3 is 33.6 Å². The van der Waals surface area contributed by atoms with Crippen LogP contribution in [0.25, 0.3) is 0 Å². The Bertz CT molecular complexity index is 2140. The van der Waals surface area contributed by atoms with Crippen LogP contribution in [0.5, 0.6) is 0 Å². The van der Waals surface area contributed by atoms with Crippen molar-refractivity contribution in [3.8, 4) is 0 Å². The first-order valence-electron chi connectivity index (χ1n) is 34.8. The molecule has 5 unspecified atom stereocenters. The molecule has 0 aliphatic rings. The number of carbonyl (C=O) groups excluding carboxylic acids is 3. The van der Waals surface area contributed by atoms with Gasteiger partial charge in [0.15, 0.2) is 6.10 Å². The summed E-state index contributed by atoms with van der Waals surface area (Å²) in [5, 5.41) is 20.6. The van der Waals surface area contributed by atoms with Gasteiger partial charge in [-0.2, -0.15) is 0 Å². The number of phosphoric ester groups is 2. The average molecular weight is 1320 g/mol. The third-order valence-electron chi connectivity index (χ3n) is 14.1. The SMILES string of the molecule is CC/C=C\C/C=C\C/C=C\C/C=C\CCCCCCC(=O)OC(COC(=O)CCCCCCCC/C=C\C/C=C\C/C=C\CCCCC)COP(=O)(O)OCC(O)COP(=O)(O)OCC(O)COC(=O)CCCCCCCC/C=C\C/C=C\C/C=C\CCCCC. The minimum atomic E-state index is -4.94. The Morgan fingerprint density at radius 3 is 0.923 bits per heavy atom. The minimum absolute atomic E-state index is 0.0698. The molecule has 0 aromatic carbocycles. The van der Waals surface area contributed by atoms with Gasteiger partial charge in [-0.15, -0.1) is 0 Å². The van der Waals surface area contributed by atoms with E-state index in [0.29, 0.717) is 19.3 Å². The zero-order valence-electron chi connectivity index (χ0n) is 56.5. The van der Waals surface area contributed by atoms with Crippen LogP contribution in [0.15, 0.2) is 122 Å². The van der Waals surface area contributed by atoms with E-state index < -0.39 is 91.5 Å². The highest BCUT2D eigenvalue weighted by atomic mass is 31.2. The number of hydrogen-bond donors (Lipinski definition) is 4. The summed E-state index contributed by atoms with van der Waals surface area (Å²) in [6.07, 6.45) is 75.2. The fourth-order valence-corrected chi connectivity index (χ4v) is 10.4. The summed E-state index contributed by atoms with van der Waals surface area (Å²) in [6, 6.07) is 0. The molecule has 0 amide bonds. The van der Waals surface area contributed by atoms with Gasteiger partial charge in [0.05, 0.1) is 26.4 Å². The molecule has 0 radical (unpaired) electrons. The monoisotopic (exact) mass is 1320 g/mol. The normalized spacial score (nSPS) is 14.9. The first-order valence-corrected chi connectivity index (χ1v) is 37.8. The fourth-order valence-electron chi connectivity index (χ4n) is 8.81. The Kier molecular flexibility index (Phi) is 63.1. The Morgan fingerprint density at radius 1 is 0.319 bits per heavy atom. The second-order valence-corrected chi connectivity index (χ2v) is 25.8. The highest BCUT2D eigenvalue weighted by molar-refractivity contribution is 7.47. The molecule has 0 aromatic heterocycles. The molecule has 0 saturated carbocycles. The van der Waals surface area contributed by atoms with E-state index in [1.165, 1.54) is 38.5 Å². The van der Waals surface area contributed by atoms with Crippen molar-refractivity contribution in [3.63, 3.8) is 0 Å². The maximum atomic E-state index is 12.9. The topological polar surface area (TPSA) is 231 Å². The highest BCUT2D eigenvalue weighted by Crippen LogP contribution is 2.45. The van der Waals surface area contributed by atoms with Crippen LogP contribution in [0.4, 0.5) is 0 Å². The van der Waals surface area contributed by atoms with Crippen molar-refractivity contribution in [2.75, 3.05) is 39.6 Å². The van der Waals surface area contributed by atoms with Crippen LogP contribution in [0.2, 0.25) is 0 Å². The van der Waals surface area contributed by atoms with E-state index in [1.807, 2.05) is 0 Å². The van der Waals surface area contributed by atoms with Gasteiger partial charge < -0.3 is 34.2 Å². The van der Waals surface area contributed by atoms with Crippen molar-refractivity contribution in [1.29, 1.82) is 0 Å². The van der Waals surface area contributed by atoms with Crippen molar-refractivity contribution in [2.45, 2.75) is 283 Å². The first-order chi connectivity index (χ1) is 44.2. The lowest BCUT2D eigenvalue weighted by Gasteiger charge is -2.21. The number of allylic oxidation sites excluding steroid dienone is 20. The summed E-state index contributed by atoms with van der Waals surface area (Å²) in [6.45, 7) is 2.43. The third kappa shape index (κ3) is 67.2. The molecule has 0 saturated heterocycles. The van der Waals surface area contributed by atoms with Gasteiger partial charge in [-0.25, -0.2) is 9.13 Å². The van der Waals surface area contributed by atoms with E-state index in [9.17, 15) is 43.5 Å². The maximum absolute atomic E-state index is 12.9. The molecule has 0 aliphatic carbocycles. The molecule has 91 heavy (non-hydrogen) atoms. The largest absolute Gasteiger partial charge is 0.472 e. The number of aliphatic hydroxyl groups excluding tert-OH is 2. The van der Waals surface area contributed by atoms with Crippen molar-refractivity contribution in [1.82, 2.24) is 0 Å². The molecule has 0 spiro atoms. The molecular weight excluding hydrogens is 1190 g/mol. The van der Waals surface area contributed by atoms with Crippen molar-refractivity contribution >= 4 is 33.6 Å². The second kappa shape index (κ2) is 66.0. The zero-order chi connectivity index (χ0) is 66.7. The minimum Gasteiger partial charge on any atom is -0.463 e. The molecule has 18 heteroatoms. The number of phosphoric acid groups is 2. The van der Waals surface area contributed by atoms with Crippen LogP contribution in [0.1, 0.15) is 265 Å². The quantitative estimate of drug-likeness (QED) is 0.0146. The zero-order valence-corrected chi connectivity index (χ0v) is 58.3. The fraction of sp³-hybridized carbons (Fsp3) is 0.685. The average Bonchev–Trinajstić information content (AvgIpc) is 3.75. The molecule has 522 valence electrons. The predicted octanol–water partition coefficient (Wildman–Crippen LogP) is 19.4. The number of ether oxygens (including phenoxy) is 3. The lowest BCUT2D eigenvalue weighted by atomic mass is 10.1. The Hall–Kier alpha value is -4.05. The standard InChI is InChI=1S/C73H124O16P2/c1-4-7-10-13-16-19-22-25-28-31-33-36-38-41-44-47-50-53-56-59-71(76)83-62-68(74)63-85-90(79,80)86-64-69(75)65-87-91(81,82)88-67-70(89-73(78)61-58-55-52-49-46-43-40-35-30-27-24-21-18-15-12-9-6-3)66-84-72(77)60-57-54-51-48-45-42-39-37-34-32-29-26-23-20-17-14-11-8-5-2/h9,12,16-21,25-30,33-34,36-37,40,43,68-70,74-75H,4-8,10-11,13-15,22-24,31-32,35,38-39,41-42,44-67H2,1-3H3,(H,79,80)(H,81,82)/b12-9-,19-16-,20-17-,21-18-,28-25-,29-26-,30-27-,36-33-,37-34-,43-40-. The number of aliphatic hydroxyl groups is 2. The summed E-state index contributed by atoms with van der Waals surface area (Å²) >= 11 is 0. The third-order valence-corrected chi connectivity index (χ3v) is 16.0. The lowest BCUT2D eigenvalue weighted by molar-refractivity contribution is -0.161. The van der Waals surface area contributed by atoms with Gasteiger partial charge in [0.2, 0.25) is 0 Å². The van der Waals surface area contributed by atoms with Crippen LogP contribution in [-0.4, -0.2) is 95.9 Å². The number of rotatable bonds is 65. The van der Waals surface area contributed by atoms with Gasteiger partial charge in [0.25, 0.3) is 0 Å². The second-order valence-electron chi connectivity index (χ2n) is 22.9. The van der Waals surface area contributed by atoms with Crippen LogP contribution in [-0.2, 0) is 55.8 Å². The molecule has 16 nitrogen and oxygen atoms in total. The number of carbonyl (C=O) groups is 3. The molecule has 4 N–H and O–H groups in total. The summed E-state index contributed by atoms with van der Waals surface area (Å²) in [4.78, 5) is 58.4. The molecule has 0 heterocycles. The summed E-state index contributed by atoms with van der Waals surface area (Å²) in [7, 11) is -9.80. The number of esters is 3. The Morgan fingerprint density at radius 2 is 0.582 bits per heavy atom. The van der Waals surface area contributed by atoms with E-state index in [-0.39, 0.29) is 19.3 Å². The van der Waals surface area contributed by atoms with Gasteiger partial charge in [-0.05, 0) is 135 Å². The Balaban J connectivity index is 4.76. The van der Waals surface area contributed by atoms with Gasteiger partial charge in [-0.1, -0.05) is 232 Å². The van der Waals surface area contributed by atoms with Crippen molar-refractivity contribution in [2.24, 2.45) is 0 Å². The molecule has 0 aliphatic heterocycles. The van der Waals surface area contributed by atoms with E-state index in [2.05, 4.69) is 142 Å². The number of hydrogen-bond acceptors (Lipinski definition) is 14. The van der Waals surface area contributed by atoms with Crippen molar-refractivity contribution in [3.05, 3.63) is 122 Å². The molecule has 0 fully saturated rings. The maximum Gasteiger partial charge on any atom is 0.472 e. The summed E-state index contributed by atoms with van der Waals surface area (Å²) < 4.78 is 60.9. The lowest BCUT2D eigenvalue weighted by Crippen LogP contribution is -2.30. The van der Waals surface area contributed by atoms with Crippen molar-refractivity contribution < 1.29 is 75.8 Å². The van der Waals surface area contributed by atoms with Crippen LogP contribution < -0.4 is 0 Å². The van der Waals surface area contributed by atoms with Crippen LogP contribution >= 0.6 is 15.6 Å². The molecular formula is C73H124O16P2. The van der Waals surface area contributed by atoms with E-state index in [1.54, 1.807) is 0 Å². The molecule has 5 atom stereocenters. The van der Waals surface area contributed by atoms with Gasteiger partial charge in [-0.3, -0.25) is 32.5 Å². The summed E-state index contributed by atoms with van der Waals surface area (Å²) in [5.74, 6) is -1.63. The van der Waals surface area contributed by atoms with E-state index in [0.717, 1.165) is 167 Å². The molecule has 0 aromatic rings. The number of unbranched alkanes of at least 4 members (excludes halogenated alkanes) is 22. The van der Waals surface area contributed by atoms with Gasteiger partial charge in [0.1, 0.15) is 25.4 Å². The van der Waals surface area contributed by atoms with Gasteiger partial charge in [0, 0.05) is 19.3 Å². The summed E-state index contributed by atoms with van der Waals surface area (Å²) in [5.41, 5.74) is 0. The Labute approximate surface area is 551 Å². The first kappa shape index (κ1) is 87.0. The molecule has 0 bridgehead atoms. The smallest absolute Gasteiger partial charge is 0.463 e. The highest BCUT2D eigenvalue weighted by Gasteiger charge is 2.29. The van der Waals surface area contributed by atoms with E-state index in [4.69, 9.17) is 32.3 Å². The van der Waals surface area contributed by atoms with Crippen LogP contribution in [0.3, 0.4) is 0 Å². The van der Waals surface area contributed by atoms with E-state index >= 15 is 0 Å². The predicted molar refractivity (Wildman–Crippen MR) is 371 cm³/mol. The molecule has 0 rings (SSSR count).